The van der Waals surface area contributed by atoms with Crippen molar-refractivity contribution in [2.24, 2.45) is 5.73 Å². The van der Waals surface area contributed by atoms with Gasteiger partial charge < -0.3 is 66.3 Å². The first kappa shape index (κ1) is 68.4. The van der Waals surface area contributed by atoms with Crippen molar-refractivity contribution in [2.45, 2.75) is 64.8 Å². The standard InChI is InChI=1S/C55H81F3N14O13/c1-4-38-33-71(54(82)40-10-13-47(84-5-2)66-51(40)55(56,57)58)27-28-72(38)44-12-11-42(39-9-7-15-64-53(39)85-6-3)65-43(44)32-60-14-8-16-63-52(81)41(59)31-45(73)61-17-29-83-30-18-62-46(74)34-67-19-21-68(35-48(75)76)23-25-70(37-50(79)80)26-24-69(22-20-67)36-49(77)78/h7,9-13,15,38,41,60H,4-6,8,14,16-37,59H2,1-3H3,(H,61,73)(H,62,74)(H,63,81)(H,75,76)(H,77,78)(H,79,80)/t38?,41-/m1/s1. The number of aromatic nitrogens is 3. The molecule has 27 nitrogen and oxygen atoms in total. The van der Waals surface area contributed by atoms with Gasteiger partial charge in [-0.15, -0.1) is 0 Å². The van der Waals surface area contributed by atoms with E-state index < -0.39 is 59.1 Å². The average Bonchev–Trinajstić information content (AvgIpc) is 1.92. The van der Waals surface area contributed by atoms with E-state index in [1.54, 1.807) is 38.8 Å². The molecule has 2 atom stereocenters. The molecule has 1 unspecified atom stereocenters. The van der Waals surface area contributed by atoms with Crippen molar-refractivity contribution >= 4 is 47.2 Å². The van der Waals surface area contributed by atoms with Gasteiger partial charge in [0.1, 0.15) is 0 Å². The maximum Gasteiger partial charge on any atom is 0.434 e. The molecule has 5 heterocycles. The first-order valence-corrected chi connectivity index (χ1v) is 28.4. The molecule has 0 radical (unpaired) electrons. The van der Waals surface area contributed by atoms with Gasteiger partial charge in [0.15, 0.2) is 5.69 Å². The number of hydrogen-bond donors (Lipinski definition) is 8. The van der Waals surface area contributed by atoms with E-state index in [4.69, 9.17) is 24.9 Å². The van der Waals surface area contributed by atoms with Crippen LogP contribution < -0.4 is 41.4 Å². The van der Waals surface area contributed by atoms with Crippen molar-refractivity contribution in [2.75, 3.05) is 156 Å². The predicted octanol–water partition coefficient (Wildman–Crippen LogP) is 0.133. The molecular weight excluding hydrogens is 1120 g/mol. The molecule has 0 aliphatic carbocycles. The molecule has 2 aliphatic heterocycles. The van der Waals surface area contributed by atoms with Crippen molar-refractivity contribution < 1.29 is 76.3 Å². The molecule has 0 spiro atoms. The fourth-order valence-corrected chi connectivity index (χ4v) is 9.61. The fraction of sp³-hybridized carbons (Fsp3) is 0.600. The monoisotopic (exact) mass is 1200 g/mol. The molecular formula is C55H81F3N14O13. The van der Waals surface area contributed by atoms with Crippen LogP contribution >= 0.6 is 0 Å². The number of rotatable bonds is 31. The minimum absolute atomic E-state index is 0.0597. The lowest BCUT2D eigenvalue weighted by molar-refractivity contribution is -0.142. The number of carbonyl (C=O) groups excluding carboxylic acids is 4. The Morgan fingerprint density at radius 2 is 1.28 bits per heavy atom. The van der Waals surface area contributed by atoms with Gasteiger partial charge in [0, 0.05) is 116 Å². The maximum atomic E-state index is 14.2. The van der Waals surface area contributed by atoms with Crippen molar-refractivity contribution in [1.29, 1.82) is 0 Å². The molecule has 470 valence electrons. The molecule has 2 fully saturated rings. The number of hydrogen-bond acceptors (Lipinski definition) is 20. The number of carboxylic acids is 3. The number of nitrogens with one attached hydrogen (secondary N) is 4. The van der Waals surface area contributed by atoms with Crippen molar-refractivity contribution in [3.63, 3.8) is 0 Å². The first-order chi connectivity index (χ1) is 40.7. The second kappa shape index (κ2) is 35.2. The van der Waals surface area contributed by atoms with Gasteiger partial charge in [-0.1, -0.05) is 6.92 Å². The molecule has 5 rings (SSSR count). The van der Waals surface area contributed by atoms with Gasteiger partial charge in [-0.2, -0.15) is 13.2 Å². The molecule has 0 saturated carbocycles. The van der Waals surface area contributed by atoms with E-state index in [0.717, 1.165) is 11.8 Å². The molecule has 0 aromatic carbocycles. The zero-order valence-corrected chi connectivity index (χ0v) is 48.4. The van der Waals surface area contributed by atoms with Gasteiger partial charge in [0.05, 0.1) is 93.3 Å². The molecule has 3 aromatic rings. The summed E-state index contributed by atoms with van der Waals surface area (Å²) in [7, 11) is 0. The number of carbonyl (C=O) groups is 7. The van der Waals surface area contributed by atoms with Gasteiger partial charge in [-0.25, -0.2) is 15.0 Å². The Kier molecular flexibility index (Phi) is 28.3. The number of pyridine rings is 3. The van der Waals surface area contributed by atoms with Crippen LogP contribution in [0.2, 0.25) is 0 Å². The highest BCUT2D eigenvalue weighted by Crippen LogP contribution is 2.35. The number of nitrogens with zero attached hydrogens (tertiary/aromatic N) is 9. The Balaban J connectivity index is 1.05. The largest absolute Gasteiger partial charge is 0.480 e. The summed E-state index contributed by atoms with van der Waals surface area (Å²) in [4.78, 5) is 110. The van der Waals surface area contributed by atoms with Crippen LogP contribution in [0.3, 0.4) is 0 Å². The Bertz CT molecular complexity index is 2650. The van der Waals surface area contributed by atoms with Gasteiger partial charge in [-0.05, 0) is 63.6 Å². The summed E-state index contributed by atoms with van der Waals surface area (Å²) in [6.07, 6.45) is -2.53. The normalized spacial score (nSPS) is 16.6. The van der Waals surface area contributed by atoms with Gasteiger partial charge in [0.2, 0.25) is 29.5 Å². The lowest BCUT2D eigenvalue weighted by Crippen LogP contribution is -2.55. The van der Waals surface area contributed by atoms with Crippen molar-refractivity contribution in [3.05, 3.63) is 59.5 Å². The zero-order valence-electron chi connectivity index (χ0n) is 48.4. The summed E-state index contributed by atoms with van der Waals surface area (Å²) in [5, 5.41) is 39.9. The number of amides is 4. The molecule has 2 saturated heterocycles. The number of anilines is 1. The van der Waals surface area contributed by atoms with Crippen LogP contribution in [0.15, 0.2) is 42.6 Å². The third kappa shape index (κ3) is 23.2. The van der Waals surface area contributed by atoms with E-state index in [1.165, 1.54) is 11.0 Å². The number of alkyl halides is 3. The fourth-order valence-electron chi connectivity index (χ4n) is 9.61. The highest BCUT2D eigenvalue weighted by molar-refractivity contribution is 5.96. The quantitative estimate of drug-likeness (QED) is 0.0397. The molecule has 0 bridgehead atoms. The van der Waals surface area contributed by atoms with Crippen LogP contribution in [-0.4, -0.2) is 259 Å². The second-order valence-electron chi connectivity index (χ2n) is 20.2. The van der Waals surface area contributed by atoms with E-state index in [1.807, 2.05) is 32.0 Å². The Labute approximate surface area is 491 Å². The van der Waals surface area contributed by atoms with Crippen LogP contribution in [0.25, 0.3) is 11.3 Å². The topological polar surface area (TPSA) is 340 Å². The smallest absolute Gasteiger partial charge is 0.434 e. The summed E-state index contributed by atoms with van der Waals surface area (Å²) in [6, 6.07) is 8.34. The van der Waals surface area contributed by atoms with E-state index >= 15 is 0 Å². The molecule has 85 heavy (non-hydrogen) atoms. The Morgan fingerprint density at radius 3 is 1.85 bits per heavy atom. The molecule has 30 heteroatoms. The summed E-state index contributed by atoms with van der Waals surface area (Å²) in [5.41, 5.74) is 6.90. The minimum Gasteiger partial charge on any atom is -0.480 e. The number of aliphatic carboxylic acids is 3. The molecule has 4 amide bonds. The van der Waals surface area contributed by atoms with Crippen molar-refractivity contribution in [1.82, 2.24) is 60.7 Å². The highest BCUT2D eigenvalue weighted by Gasteiger charge is 2.40. The van der Waals surface area contributed by atoms with Gasteiger partial charge in [0.25, 0.3) is 5.91 Å². The lowest BCUT2D eigenvalue weighted by atomic mass is 10.0. The van der Waals surface area contributed by atoms with Gasteiger partial charge >= 0.3 is 24.1 Å². The molecule has 3 aromatic heterocycles. The SMILES string of the molecule is CCOc1ccc(C(=O)N2CCN(c3ccc(-c4cccnc4OCC)nc3CNCCCNC(=O)[C@H](N)CC(=O)NCCOCCNC(=O)CN3CCN(CC(=O)O)CCN(CC(=O)O)CCN(CC(=O)O)CC3)C(CC)C2)c(C(F)(F)F)n1. The Morgan fingerprint density at radius 1 is 0.694 bits per heavy atom. The number of piperazine rings is 1. The third-order valence-corrected chi connectivity index (χ3v) is 13.9. The summed E-state index contributed by atoms with van der Waals surface area (Å²) >= 11 is 0. The van der Waals surface area contributed by atoms with Crippen LogP contribution in [0, 0.1) is 0 Å². The van der Waals surface area contributed by atoms with Crippen LogP contribution in [0.4, 0.5) is 18.9 Å². The van der Waals surface area contributed by atoms with Crippen LogP contribution in [-0.2, 0) is 46.2 Å². The summed E-state index contributed by atoms with van der Waals surface area (Å²) < 4.78 is 59.1. The maximum absolute atomic E-state index is 14.2. The molecule has 9 N–H and O–H groups in total. The predicted molar refractivity (Wildman–Crippen MR) is 304 cm³/mol. The second-order valence-corrected chi connectivity index (χ2v) is 20.2. The van der Waals surface area contributed by atoms with Crippen molar-refractivity contribution in [3.8, 4) is 23.0 Å². The number of carboxylic acid groups (broad SMARTS) is 3. The third-order valence-electron chi connectivity index (χ3n) is 13.9. The zero-order chi connectivity index (χ0) is 61.9. The van der Waals surface area contributed by atoms with Crippen LogP contribution in [0.1, 0.15) is 61.8 Å². The Hall–Kier alpha value is -7.35. The molecule has 2 aliphatic rings. The average molecular weight is 1200 g/mol. The lowest BCUT2D eigenvalue weighted by Gasteiger charge is -2.43. The summed E-state index contributed by atoms with van der Waals surface area (Å²) in [6.45, 7) is 9.03. The number of halogens is 3. The van der Waals surface area contributed by atoms with Crippen LogP contribution in [0.5, 0.6) is 11.8 Å². The van der Waals surface area contributed by atoms with E-state index in [2.05, 4.69) is 36.1 Å². The summed E-state index contributed by atoms with van der Waals surface area (Å²) in [5.74, 6) is -5.11. The van der Waals surface area contributed by atoms with E-state index in [-0.39, 0.29) is 162 Å². The minimum atomic E-state index is -4.89. The van der Waals surface area contributed by atoms with E-state index in [9.17, 15) is 62.1 Å². The highest BCUT2D eigenvalue weighted by atomic mass is 19.4. The van der Waals surface area contributed by atoms with E-state index in [0.29, 0.717) is 55.4 Å². The number of ether oxygens (including phenoxy) is 3. The van der Waals surface area contributed by atoms with Gasteiger partial charge in [-0.3, -0.25) is 53.2 Å². The number of nitrogens with two attached hydrogens (primary N) is 1. The first-order valence-electron chi connectivity index (χ1n) is 28.4.